The van der Waals surface area contributed by atoms with Crippen molar-refractivity contribution in [3.8, 4) is 11.5 Å². The number of likely N-dealkylation sites (tertiary alicyclic amines) is 1. The van der Waals surface area contributed by atoms with Crippen LogP contribution < -0.4 is 14.8 Å². The van der Waals surface area contributed by atoms with E-state index >= 15 is 0 Å². The minimum absolute atomic E-state index is 0.0287. The molecule has 0 aromatic heterocycles. The predicted octanol–water partition coefficient (Wildman–Crippen LogP) is 3.28. The lowest BCUT2D eigenvalue weighted by Gasteiger charge is -2.28. The summed E-state index contributed by atoms with van der Waals surface area (Å²) in [6, 6.07) is 11.3. The maximum atomic E-state index is 13.2. The topological polar surface area (TPSA) is 80.2 Å². The lowest BCUT2D eigenvalue weighted by Crippen LogP contribution is -2.33. The molecule has 166 valence electrons. The van der Waals surface area contributed by atoms with Gasteiger partial charge in [0.1, 0.15) is 19.1 Å². The van der Waals surface area contributed by atoms with Gasteiger partial charge in [-0.25, -0.2) is 0 Å². The van der Waals surface area contributed by atoms with Crippen LogP contribution in [0, 0.1) is 0 Å². The summed E-state index contributed by atoms with van der Waals surface area (Å²) in [6.45, 7) is 4.51. The van der Waals surface area contributed by atoms with Gasteiger partial charge in [-0.2, -0.15) is 0 Å². The molecular formula is C25H27N3O4. The summed E-state index contributed by atoms with van der Waals surface area (Å²) in [5, 5.41) is 2.98. The summed E-state index contributed by atoms with van der Waals surface area (Å²) in [4.78, 5) is 32.6. The van der Waals surface area contributed by atoms with Gasteiger partial charge >= 0.3 is 0 Å². The fourth-order valence-electron chi connectivity index (χ4n) is 4.59. The minimum atomic E-state index is -0.577. The third kappa shape index (κ3) is 3.88. The predicted molar refractivity (Wildman–Crippen MR) is 122 cm³/mol. The number of ketones is 1. The number of aliphatic imine (C=N–C) groups is 1. The quantitative estimate of drug-likeness (QED) is 0.591. The van der Waals surface area contributed by atoms with Gasteiger partial charge in [0.15, 0.2) is 17.3 Å². The minimum Gasteiger partial charge on any atom is -0.486 e. The highest BCUT2D eigenvalue weighted by atomic mass is 16.6. The standard InChI is InChI=1S/C25H27N3O4/c1-15(29)16-3-5-20-19(13-16)23(25(30)27-20)24(26-18-7-9-28(2)10-8-18)17-4-6-21-22(14-17)32-12-11-31-21/h3-6,13-14,18,23H,7-12H2,1-2H3,(H,27,30). The van der Waals surface area contributed by atoms with E-state index in [0.29, 0.717) is 36.0 Å². The third-order valence-corrected chi connectivity index (χ3v) is 6.41. The van der Waals surface area contributed by atoms with Crippen molar-refractivity contribution in [2.45, 2.75) is 31.7 Å². The van der Waals surface area contributed by atoms with Crippen molar-refractivity contribution in [2.75, 3.05) is 38.7 Å². The average molecular weight is 434 g/mol. The first-order chi connectivity index (χ1) is 15.5. The first kappa shape index (κ1) is 20.7. The first-order valence-corrected chi connectivity index (χ1v) is 11.1. The van der Waals surface area contributed by atoms with Crippen molar-refractivity contribution in [2.24, 2.45) is 4.99 Å². The van der Waals surface area contributed by atoms with Crippen LogP contribution in [0.3, 0.4) is 0 Å². The average Bonchev–Trinajstić information content (AvgIpc) is 3.13. The van der Waals surface area contributed by atoms with Crippen LogP contribution >= 0.6 is 0 Å². The van der Waals surface area contributed by atoms with E-state index in [1.54, 1.807) is 12.1 Å². The Morgan fingerprint density at radius 3 is 2.50 bits per heavy atom. The van der Waals surface area contributed by atoms with E-state index in [4.69, 9.17) is 14.5 Å². The van der Waals surface area contributed by atoms with Gasteiger partial charge in [-0.05, 0) is 81.9 Å². The van der Waals surface area contributed by atoms with Crippen molar-refractivity contribution < 1.29 is 19.1 Å². The van der Waals surface area contributed by atoms with Crippen LogP contribution in [0.5, 0.6) is 11.5 Å². The number of hydrogen-bond acceptors (Lipinski definition) is 6. The number of hydrogen-bond donors (Lipinski definition) is 1. The molecule has 1 N–H and O–H groups in total. The second-order valence-corrected chi connectivity index (χ2v) is 8.69. The molecule has 3 aliphatic heterocycles. The zero-order chi connectivity index (χ0) is 22.2. The highest BCUT2D eigenvalue weighted by molar-refractivity contribution is 6.24. The number of amides is 1. The van der Waals surface area contributed by atoms with E-state index in [1.807, 2.05) is 24.3 Å². The molecule has 5 rings (SSSR count). The SMILES string of the molecule is CC(=O)c1ccc2c(c1)C(C(=NC1CCN(C)CC1)c1ccc3c(c1)OCCO3)C(=O)N2. The molecule has 0 aliphatic carbocycles. The third-order valence-electron chi connectivity index (χ3n) is 6.41. The molecule has 1 atom stereocenters. The van der Waals surface area contributed by atoms with Crippen LogP contribution in [0.4, 0.5) is 5.69 Å². The van der Waals surface area contributed by atoms with Crippen LogP contribution in [0.15, 0.2) is 41.4 Å². The van der Waals surface area contributed by atoms with E-state index < -0.39 is 5.92 Å². The summed E-state index contributed by atoms with van der Waals surface area (Å²) in [6.07, 6.45) is 1.89. The van der Waals surface area contributed by atoms with Gasteiger partial charge in [0.2, 0.25) is 5.91 Å². The molecule has 2 aromatic carbocycles. The Morgan fingerprint density at radius 2 is 1.75 bits per heavy atom. The summed E-state index contributed by atoms with van der Waals surface area (Å²) in [7, 11) is 2.12. The van der Waals surface area contributed by atoms with Crippen molar-refractivity contribution in [3.63, 3.8) is 0 Å². The van der Waals surface area contributed by atoms with E-state index in [-0.39, 0.29) is 17.7 Å². The molecule has 32 heavy (non-hydrogen) atoms. The molecule has 1 unspecified atom stereocenters. The van der Waals surface area contributed by atoms with Crippen molar-refractivity contribution in [3.05, 3.63) is 53.1 Å². The van der Waals surface area contributed by atoms with Gasteiger partial charge < -0.3 is 19.7 Å². The van der Waals surface area contributed by atoms with Crippen LogP contribution in [-0.4, -0.2) is 61.7 Å². The molecule has 0 radical (unpaired) electrons. The Morgan fingerprint density at radius 1 is 1.03 bits per heavy atom. The smallest absolute Gasteiger partial charge is 0.238 e. The fraction of sp³-hybridized carbons (Fsp3) is 0.400. The second kappa shape index (κ2) is 8.39. The molecule has 7 heteroatoms. The number of nitrogens with zero attached hydrogens (tertiary/aromatic N) is 2. The molecule has 1 amide bonds. The number of fused-ring (bicyclic) bond motifs is 2. The van der Waals surface area contributed by atoms with Gasteiger partial charge in [-0.1, -0.05) is 0 Å². The van der Waals surface area contributed by atoms with Gasteiger partial charge in [0.25, 0.3) is 0 Å². The Kier molecular flexibility index (Phi) is 5.43. The second-order valence-electron chi connectivity index (χ2n) is 8.69. The lowest BCUT2D eigenvalue weighted by atomic mass is 9.88. The summed E-state index contributed by atoms with van der Waals surface area (Å²) in [5.74, 6) is 0.641. The zero-order valence-corrected chi connectivity index (χ0v) is 18.4. The number of rotatable bonds is 4. The van der Waals surface area contributed by atoms with Gasteiger partial charge in [-0.3, -0.25) is 14.6 Å². The molecule has 3 aliphatic rings. The number of piperidine rings is 1. The fourth-order valence-corrected chi connectivity index (χ4v) is 4.59. The number of ether oxygens (including phenoxy) is 2. The molecule has 2 aromatic rings. The number of carbonyl (C=O) groups is 2. The molecule has 0 spiro atoms. The summed E-state index contributed by atoms with van der Waals surface area (Å²) < 4.78 is 11.5. The molecule has 3 heterocycles. The van der Waals surface area contributed by atoms with E-state index in [1.165, 1.54) is 6.92 Å². The van der Waals surface area contributed by atoms with Crippen molar-refractivity contribution in [1.82, 2.24) is 4.90 Å². The number of carbonyl (C=O) groups excluding carboxylic acids is 2. The number of nitrogens with one attached hydrogen (secondary N) is 1. The van der Waals surface area contributed by atoms with Gasteiger partial charge in [-0.15, -0.1) is 0 Å². The molecule has 1 fully saturated rings. The maximum Gasteiger partial charge on any atom is 0.238 e. The maximum absolute atomic E-state index is 13.2. The summed E-state index contributed by atoms with van der Waals surface area (Å²) in [5.41, 5.74) is 3.68. The van der Waals surface area contributed by atoms with Crippen molar-refractivity contribution >= 4 is 23.1 Å². The highest BCUT2D eigenvalue weighted by Crippen LogP contribution is 2.39. The lowest BCUT2D eigenvalue weighted by molar-refractivity contribution is -0.115. The van der Waals surface area contributed by atoms with Crippen LogP contribution in [-0.2, 0) is 4.79 Å². The Hall–Kier alpha value is -3.19. The zero-order valence-electron chi connectivity index (χ0n) is 18.4. The number of benzene rings is 2. The van der Waals surface area contributed by atoms with Gasteiger partial charge in [0.05, 0.1) is 11.8 Å². The molecular weight excluding hydrogens is 406 g/mol. The molecule has 0 bridgehead atoms. The largest absolute Gasteiger partial charge is 0.486 e. The van der Waals surface area contributed by atoms with Crippen LogP contribution in [0.1, 0.15) is 47.2 Å². The number of anilines is 1. The Balaban J connectivity index is 1.60. The van der Waals surface area contributed by atoms with E-state index in [0.717, 1.165) is 42.7 Å². The molecule has 0 saturated carbocycles. The normalized spacial score (nSPS) is 21.2. The van der Waals surface area contributed by atoms with Crippen molar-refractivity contribution in [1.29, 1.82) is 0 Å². The monoisotopic (exact) mass is 433 g/mol. The molecule has 1 saturated heterocycles. The number of Topliss-reactive ketones (excluding diaryl/α,β-unsaturated/α-hetero) is 1. The van der Waals surface area contributed by atoms with E-state index in [2.05, 4.69) is 17.3 Å². The van der Waals surface area contributed by atoms with Crippen LogP contribution in [0.25, 0.3) is 0 Å². The molecule has 7 nitrogen and oxygen atoms in total. The van der Waals surface area contributed by atoms with Gasteiger partial charge in [0, 0.05) is 16.8 Å². The Labute approximate surface area is 187 Å². The summed E-state index contributed by atoms with van der Waals surface area (Å²) >= 11 is 0. The van der Waals surface area contributed by atoms with Crippen LogP contribution in [0.2, 0.25) is 0 Å². The Bertz CT molecular complexity index is 1100. The van der Waals surface area contributed by atoms with E-state index in [9.17, 15) is 9.59 Å². The first-order valence-electron chi connectivity index (χ1n) is 11.1. The highest BCUT2D eigenvalue weighted by Gasteiger charge is 2.37.